The van der Waals surface area contributed by atoms with Crippen molar-refractivity contribution < 1.29 is 24.2 Å². The topological polar surface area (TPSA) is 96.9 Å². The molecule has 8 heteroatoms. The van der Waals surface area contributed by atoms with E-state index < -0.39 is 11.9 Å². The maximum Gasteiger partial charge on any atom is 0.335 e. The Morgan fingerprint density at radius 1 is 1.12 bits per heavy atom. The van der Waals surface area contributed by atoms with Crippen LogP contribution in [0, 0.1) is 0 Å². The number of thiocarbonyl (C=S) groups is 1. The number of amides is 1. The lowest BCUT2D eigenvalue weighted by Gasteiger charge is -2.11. The van der Waals surface area contributed by atoms with Crippen molar-refractivity contribution in [1.82, 2.24) is 5.32 Å². The van der Waals surface area contributed by atoms with Gasteiger partial charge in [-0.2, -0.15) is 0 Å². The Bertz CT molecular complexity index is 777. The van der Waals surface area contributed by atoms with Crippen LogP contribution in [0.15, 0.2) is 48.5 Å². The van der Waals surface area contributed by atoms with E-state index in [1.807, 2.05) is 0 Å². The number of benzene rings is 2. The monoisotopic (exact) mass is 360 g/mol. The van der Waals surface area contributed by atoms with Crippen LogP contribution in [0.1, 0.15) is 10.4 Å². The van der Waals surface area contributed by atoms with Crippen molar-refractivity contribution in [2.75, 3.05) is 19.0 Å². The van der Waals surface area contributed by atoms with E-state index in [0.717, 1.165) is 0 Å². The maximum atomic E-state index is 11.8. The minimum Gasteiger partial charge on any atom is -0.497 e. The number of aromatic carboxylic acids is 1. The number of anilines is 1. The standard InChI is InChI=1S/C17H16N2O5S/c1-23-13-5-7-14(8-6-13)24-10-15(20)19-17(25)18-12-4-2-3-11(9-12)16(21)22/h2-9H,10H2,1H3,(H,21,22)(H2,18,19,20,25). The molecule has 2 rings (SSSR count). The Hall–Kier alpha value is -3.13. The highest BCUT2D eigenvalue weighted by molar-refractivity contribution is 7.80. The van der Waals surface area contributed by atoms with Gasteiger partial charge in [0.15, 0.2) is 11.7 Å². The van der Waals surface area contributed by atoms with Crippen LogP contribution in [0.5, 0.6) is 11.5 Å². The Kier molecular flexibility index (Phi) is 6.30. The molecular formula is C17H16N2O5S. The summed E-state index contributed by atoms with van der Waals surface area (Å²) in [7, 11) is 1.56. The molecule has 1 amide bonds. The molecule has 0 unspecified atom stereocenters. The van der Waals surface area contributed by atoms with Crippen LogP contribution in [0.2, 0.25) is 0 Å². The van der Waals surface area contributed by atoms with Gasteiger partial charge in [0.25, 0.3) is 5.91 Å². The van der Waals surface area contributed by atoms with Crippen molar-refractivity contribution in [1.29, 1.82) is 0 Å². The van der Waals surface area contributed by atoms with Gasteiger partial charge in [0.2, 0.25) is 0 Å². The van der Waals surface area contributed by atoms with Gasteiger partial charge in [0, 0.05) is 5.69 Å². The first-order chi connectivity index (χ1) is 12.0. The number of carbonyl (C=O) groups excluding carboxylic acids is 1. The summed E-state index contributed by atoms with van der Waals surface area (Å²) < 4.78 is 10.4. The molecule has 0 saturated heterocycles. The molecule has 2 aromatic rings. The minimum atomic E-state index is -1.05. The van der Waals surface area contributed by atoms with E-state index in [2.05, 4.69) is 10.6 Å². The summed E-state index contributed by atoms with van der Waals surface area (Å²) in [5.41, 5.74) is 0.572. The lowest BCUT2D eigenvalue weighted by Crippen LogP contribution is -2.37. The largest absolute Gasteiger partial charge is 0.497 e. The third-order valence-corrected chi connectivity index (χ3v) is 3.25. The summed E-state index contributed by atoms with van der Waals surface area (Å²) >= 11 is 5.02. The van der Waals surface area contributed by atoms with E-state index in [1.54, 1.807) is 43.5 Å². The Morgan fingerprint density at radius 3 is 2.44 bits per heavy atom. The number of nitrogens with one attached hydrogen (secondary N) is 2. The Morgan fingerprint density at radius 2 is 1.80 bits per heavy atom. The quantitative estimate of drug-likeness (QED) is 0.680. The van der Waals surface area contributed by atoms with E-state index in [0.29, 0.717) is 17.2 Å². The van der Waals surface area contributed by atoms with Crippen molar-refractivity contribution in [2.45, 2.75) is 0 Å². The zero-order chi connectivity index (χ0) is 18.2. The van der Waals surface area contributed by atoms with Crippen LogP contribution >= 0.6 is 12.2 Å². The number of ether oxygens (including phenoxy) is 2. The van der Waals surface area contributed by atoms with E-state index in [4.69, 9.17) is 26.8 Å². The average Bonchev–Trinajstić information content (AvgIpc) is 2.60. The van der Waals surface area contributed by atoms with Crippen molar-refractivity contribution in [3.63, 3.8) is 0 Å². The zero-order valence-corrected chi connectivity index (χ0v) is 14.1. The van der Waals surface area contributed by atoms with Gasteiger partial charge >= 0.3 is 5.97 Å². The van der Waals surface area contributed by atoms with Gasteiger partial charge in [0.05, 0.1) is 12.7 Å². The summed E-state index contributed by atoms with van der Waals surface area (Å²) in [5, 5.41) is 14.2. The smallest absolute Gasteiger partial charge is 0.335 e. The summed E-state index contributed by atoms with van der Waals surface area (Å²) in [6.45, 7) is -0.219. The molecule has 0 bridgehead atoms. The van der Waals surface area contributed by atoms with Crippen LogP contribution in [-0.4, -0.2) is 35.8 Å². The van der Waals surface area contributed by atoms with E-state index in [-0.39, 0.29) is 17.3 Å². The molecule has 0 saturated carbocycles. The van der Waals surface area contributed by atoms with E-state index >= 15 is 0 Å². The number of carbonyl (C=O) groups is 2. The lowest BCUT2D eigenvalue weighted by molar-refractivity contribution is -0.121. The summed E-state index contributed by atoms with van der Waals surface area (Å²) in [5.74, 6) is -0.288. The highest BCUT2D eigenvalue weighted by atomic mass is 32.1. The van der Waals surface area contributed by atoms with Crippen molar-refractivity contribution in [3.8, 4) is 11.5 Å². The number of carboxylic acid groups (broad SMARTS) is 1. The van der Waals surface area contributed by atoms with Crippen molar-refractivity contribution >= 4 is 34.9 Å². The molecule has 3 N–H and O–H groups in total. The van der Waals surface area contributed by atoms with Crippen molar-refractivity contribution in [2.24, 2.45) is 0 Å². The molecule has 25 heavy (non-hydrogen) atoms. The second-order valence-corrected chi connectivity index (χ2v) is 5.26. The molecule has 0 aliphatic rings. The zero-order valence-electron chi connectivity index (χ0n) is 13.3. The normalized spacial score (nSPS) is 9.80. The number of rotatable bonds is 6. The van der Waals surface area contributed by atoms with E-state index in [1.165, 1.54) is 12.1 Å². The third kappa shape index (κ3) is 5.78. The molecule has 0 atom stereocenters. The second-order valence-electron chi connectivity index (χ2n) is 4.85. The number of hydrogen-bond donors (Lipinski definition) is 3. The molecule has 7 nitrogen and oxygen atoms in total. The molecular weight excluding hydrogens is 344 g/mol. The summed E-state index contributed by atoms with van der Waals surface area (Å²) in [4.78, 5) is 22.8. The summed E-state index contributed by atoms with van der Waals surface area (Å²) in [6, 6.07) is 12.9. The van der Waals surface area contributed by atoms with Crippen LogP contribution < -0.4 is 20.1 Å². The van der Waals surface area contributed by atoms with Crippen LogP contribution in [0.3, 0.4) is 0 Å². The molecule has 0 aliphatic heterocycles. The van der Waals surface area contributed by atoms with Gasteiger partial charge in [0.1, 0.15) is 11.5 Å². The molecule has 0 aliphatic carbocycles. The highest BCUT2D eigenvalue weighted by Gasteiger charge is 2.08. The van der Waals surface area contributed by atoms with Crippen LogP contribution in [-0.2, 0) is 4.79 Å². The predicted octanol–water partition coefficient (Wildman–Crippen LogP) is 2.29. The molecule has 0 aromatic heterocycles. The van der Waals surface area contributed by atoms with Gasteiger partial charge < -0.3 is 19.9 Å². The highest BCUT2D eigenvalue weighted by Crippen LogP contribution is 2.16. The fourth-order valence-corrected chi connectivity index (χ4v) is 2.11. The first-order valence-corrected chi connectivity index (χ1v) is 7.60. The molecule has 0 radical (unpaired) electrons. The Balaban J connectivity index is 1.82. The van der Waals surface area contributed by atoms with Gasteiger partial charge in [-0.25, -0.2) is 4.79 Å². The Labute approximate surface area is 149 Å². The second kappa shape index (κ2) is 8.65. The molecule has 0 spiro atoms. The van der Waals surface area contributed by atoms with Crippen LogP contribution in [0.25, 0.3) is 0 Å². The fraction of sp³-hybridized carbons (Fsp3) is 0.118. The van der Waals surface area contributed by atoms with Gasteiger partial charge in [-0.05, 0) is 54.7 Å². The number of hydrogen-bond acceptors (Lipinski definition) is 5. The summed E-state index contributed by atoms with van der Waals surface area (Å²) in [6.07, 6.45) is 0. The maximum absolute atomic E-state index is 11.8. The fourth-order valence-electron chi connectivity index (χ4n) is 1.88. The first kappa shape index (κ1) is 18.2. The molecule has 130 valence electrons. The predicted molar refractivity (Wildman–Crippen MR) is 96.3 cm³/mol. The first-order valence-electron chi connectivity index (χ1n) is 7.19. The third-order valence-electron chi connectivity index (χ3n) is 3.05. The van der Waals surface area contributed by atoms with Crippen molar-refractivity contribution in [3.05, 3.63) is 54.1 Å². The minimum absolute atomic E-state index is 0.0471. The van der Waals surface area contributed by atoms with Gasteiger partial charge in [-0.1, -0.05) is 6.07 Å². The molecule has 2 aromatic carbocycles. The lowest BCUT2D eigenvalue weighted by atomic mass is 10.2. The van der Waals surface area contributed by atoms with E-state index in [9.17, 15) is 9.59 Å². The number of carboxylic acids is 1. The van der Waals surface area contributed by atoms with Gasteiger partial charge in [-0.3, -0.25) is 10.1 Å². The SMILES string of the molecule is COc1ccc(OCC(=O)NC(=S)Nc2cccc(C(=O)O)c2)cc1. The van der Waals surface area contributed by atoms with Gasteiger partial charge in [-0.15, -0.1) is 0 Å². The molecule has 0 heterocycles. The number of methoxy groups -OCH3 is 1. The average molecular weight is 360 g/mol. The molecule has 0 fully saturated rings. The van der Waals surface area contributed by atoms with Crippen LogP contribution in [0.4, 0.5) is 5.69 Å².